The Morgan fingerprint density at radius 3 is 3.14 bits per heavy atom. The lowest BCUT2D eigenvalue weighted by atomic mass is 10.2. The van der Waals surface area contributed by atoms with Crippen LogP contribution in [-0.2, 0) is 0 Å². The first kappa shape index (κ1) is 8.83. The lowest BCUT2D eigenvalue weighted by Crippen LogP contribution is -2.13. The summed E-state index contributed by atoms with van der Waals surface area (Å²) < 4.78 is 1.75. The Labute approximate surface area is 84.4 Å². The van der Waals surface area contributed by atoms with E-state index in [1.165, 1.54) is 0 Å². The van der Waals surface area contributed by atoms with Crippen LogP contribution in [0.15, 0.2) is 29.8 Å². The van der Waals surface area contributed by atoms with Crippen LogP contribution in [0.3, 0.4) is 0 Å². The topological polar surface area (TPSA) is 75.9 Å². The molecule has 14 heavy (non-hydrogen) atoms. The third-order valence-corrected chi connectivity index (χ3v) is 2.19. The first-order valence-electron chi connectivity index (χ1n) is 3.82. The first-order chi connectivity index (χ1) is 6.72. The van der Waals surface area contributed by atoms with Gasteiger partial charge in [0.25, 0.3) is 0 Å². The number of oxime groups is 1. The van der Waals surface area contributed by atoms with Gasteiger partial charge in [-0.15, -0.1) is 0 Å². The van der Waals surface area contributed by atoms with Gasteiger partial charge in [-0.1, -0.05) is 16.8 Å². The van der Waals surface area contributed by atoms with Gasteiger partial charge in [-0.3, -0.25) is 0 Å². The van der Waals surface area contributed by atoms with Crippen LogP contribution in [-0.4, -0.2) is 20.4 Å². The Morgan fingerprint density at radius 2 is 2.43 bits per heavy atom. The summed E-state index contributed by atoms with van der Waals surface area (Å²) in [7, 11) is 0. The van der Waals surface area contributed by atoms with Crippen LogP contribution in [0.1, 0.15) is 5.56 Å². The van der Waals surface area contributed by atoms with Crippen molar-refractivity contribution in [2.24, 2.45) is 10.9 Å². The Hall–Kier alpha value is -1.75. The quantitative estimate of drug-likeness (QED) is 0.320. The van der Waals surface area contributed by atoms with Crippen molar-refractivity contribution in [2.75, 3.05) is 0 Å². The fourth-order valence-electron chi connectivity index (χ4n) is 1.17. The zero-order chi connectivity index (χ0) is 10.1. The maximum Gasteiger partial charge on any atom is 0.170 e. The van der Waals surface area contributed by atoms with Gasteiger partial charge in [0.15, 0.2) is 11.0 Å². The lowest BCUT2D eigenvalue weighted by Gasteiger charge is -1.99. The summed E-state index contributed by atoms with van der Waals surface area (Å²) in [5.41, 5.74) is 6.75. The van der Waals surface area contributed by atoms with Crippen LogP contribution < -0.4 is 5.73 Å². The lowest BCUT2D eigenvalue weighted by molar-refractivity contribution is 0.318. The number of nitrogens with two attached hydrogens (primary N) is 1. The Balaban J connectivity index is 2.66. The smallest absolute Gasteiger partial charge is 0.170 e. The van der Waals surface area contributed by atoms with Gasteiger partial charge in [0.1, 0.15) is 6.33 Å². The van der Waals surface area contributed by atoms with E-state index in [4.69, 9.17) is 22.5 Å². The number of nitrogens with zero attached hydrogens (tertiary/aromatic N) is 3. The molecule has 0 radical (unpaired) electrons. The molecular weight excluding hydrogens is 204 g/mol. The zero-order valence-corrected chi connectivity index (χ0v) is 7.81. The molecule has 0 unspecified atom stereocenters. The van der Waals surface area contributed by atoms with Crippen LogP contribution in [0.4, 0.5) is 0 Å². The van der Waals surface area contributed by atoms with E-state index in [9.17, 15) is 0 Å². The number of rotatable bonds is 1. The van der Waals surface area contributed by atoms with Crippen molar-refractivity contribution in [1.29, 1.82) is 0 Å². The molecule has 0 fully saturated rings. The molecule has 0 aliphatic heterocycles. The summed E-state index contributed by atoms with van der Waals surface area (Å²) in [5, 5.41) is 11.8. The van der Waals surface area contributed by atoms with E-state index in [1.807, 2.05) is 0 Å². The summed E-state index contributed by atoms with van der Waals surface area (Å²) >= 11 is 5.82. The number of halogens is 1. The fraction of sp³-hybridized carbons (Fsp3) is 0. The predicted molar refractivity (Wildman–Crippen MR) is 52.7 cm³/mol. The second kappa shape index (κ2) is 3.19. The maximum atomic E-state index is 8.49. The molecule has 2 aromatic rings. The molecule has 2 heterocycles. The molecule has 0 aliphatic rings. The summed E-state index contributed by atoms with van der Waals surface area (Å²) in [6.07, 6.45) is 3.33. The average molecular weight is 211 g/mol. The summed E-state index contributed by atoms with van der Waals surface area (Å²) in [6, 6.07) is 3.41. The molecule has 0 aliphatic carbocycles. The van der Waals surface area contributed by atoms with Gasteiger partial charge < -0.3 is 15.3 Å². The molecule has 3 N–H and O–H groups in total. The van der Waals surface area contributed by atoms with Gasteiger partial charge >= 0.3 is 0 Å². The predicted octanol–water partition coefficient (Wildman–Crippen LogP) is 1.08. The van der Waals surface area contributed by atoms with Crippen LogP contribution in [0.25, 0.3) is 5.52 Å². The molecule has 5 nitrogen and oxygen atoms in total. The molecule has 0 amide bonds. The van der Waals surface area contributed by atoms with Crippen molar-refractivity contribution in [2.45, 2.75) is 0 Å². The minimum atomic E-state index is 0.0461. The Bertz CT molecular complexity index is 505. The Morgan fingerprint density at radius 1 is 1.64 bits per heavy atom. The van der Waals surface area contributed by atoms with Crippen molar-refractivity contribution in [3.8, 4) is 0 Å². The number of hydrogen-bond donors (Lipinski definition) is 2. The Kier molecular flexibility index (Phi) is 2.01. The van der Waals surface area contributed by atoms with Gasteiger partial charge in [0.2, 0.25) is 0 Å². The molecule has 0 bridgehead atoms. The molecule has 6 heteroatoms. The first-order valence-corrected chi connectivity index (χ1v) is 4.20. The van der Waals surface area contributed by atoms with E-state index in [0.717, 1.165) is 5.52 Å². The minimum Gasteiger partial charge on any atom is -0.409 e. The second-order valence-electron chi connectivity index (χ2n) is 2.73. The highest BCUT2D eigenvalue weighted by atomic mass is 35.5. The largest absolute Gasteiger partial charge is 0.409 e. The van der Waals surface area contributed by atoms with Crippen LogP contribution in [0, 0.1) is 0 Å². The van der Waals surface area contributed by atoms with Gasteiger partial charge in [0, 0.05) is 11.8 Å². The standard InChI is InChI=1S/C8H7ClN4O/c9-7-6-3-5(8(10)12-14)1-2-13(6)4-11-7/h1-4,14H,(H2,10,12). The van der Waals surface area contributed by atoms with E-state index >= 15 is 0 Å². The van der Waals surface area contributed by atoms with Crippen molar-refractivity contribution >= 4 is 23.0 Å². The molecule has 0 aromatic carbocycles. The van der Waals surface area contributed by atoms with Gasteiger partial charge in [0.05, 0.1) is 5.52 Å². The molecule has 0 saturated heterocycles. The number of amidine groups is 1. The van der Waals surface area contributed by atoms with Crippen molar-refractivity contribution < 1.29 is 5.21 Å². The summed E-state index contributed by atoms with van der Waals surface area (Å²) in [4.78, 5) is 3.91. The molecule has 0 spiro atoms. The zero-order valence-electron chi connectivity index (χ0n) is 7.05. The van der Waals surface area contributed by atoms with E-state index in [-0.39, 0.29) is 5.84 Å². The number of fused-ring (bicyclic) bond motifs is 1. The SMILES string of the molecule is N/C(=N/O)c1ccn2cnc(Cl)c2c1. The van der Waals surface area contributed by atoms with Crippen molar-refractivity contribution in [3.63, 3.8) is 0 Å². The average Bonchev–Trinajstić information content (AvgIpc) is 2.59. The minimum absolute atomic E-state index is 0.0461. The van der Waals surface area contributed by atoms with Crippen molar-refractivity contribution in [3.05, 3.63) is 35.4 Å². The van der Waals surface area contributed by atoms with Gasteiger partial charge in [-0.05, 0) is 12.1 Å². The third kappa shape index (κ3) is 1.27. The van der Waals surface area contributed by atoms with E-state index < -0.39 is 0 Å². The van der Waals surface area contributed by atoms with Gasteiger partial charge in [-0.25, -0.2) is 4.98 Å². The van der Waals surface area contributed by atoms with Crippen LogP contribution >= 0.6 is 11.6 Å². The summed E-state index contributed by atoms with van der Waals surface area (Å²) in [6.45, 7) is 0. The van der Waals surface area contributed by atoms with Crippen molar-refractivity contribution in [1.82, 2.24) is 9.38 Å². The molecule has 0 atom stereocenters. The highest BCUT2D eigenvalue weighted by Gasteiger charge is 2.04. The van der Waals surface area contributed by atoms with E-state index in [1.54, 1.807) is 29.1 Å². The second-order valence-corrected chi connectivity index (χ2v) is 3.09. The van der Waals surface area contributed by atoms with Crippen LogP contribution in [0.2, 0.25) is 5.15 Å². The number of hydrogen-bond acceptors (Lipinski definition) is 3. The van der Waals surface area contributed by atoms with Gasteiger partial charge in [-0.2, -0.15) is 0 Å². The number of pyridine rings is 1. The van der Waals surface area contributed by atoms with E-state index in [0.29, 0.717) is 10.7 Å². The molecule has 0 saturated carbocycles. The summed E-state index contributed by atoms with van der Waals surface area (Å²) in [5.74, 6) is 0.0461. The third-order valence-electron chi connectivity index (χ3n) is 1.90. The number of imidazole rings is 1. The molecular formula is C8H7ClN4O. The molecule has 2 aromatic heterocycles. The fourth-order valence-corrected chi connectivity index (χ4v) is 1.37. The monoisotopic (exact) mass is 210 g/mol. The van der Waals surface area contributed by atoms with E-state index in [2.05, 4.69) is 10.1 Å². The maximum absolute atomic E-state index is 8.49. The highest BCUT2D eigenvalue weighted by molar-refractivity contribution is 6.32. The normalized spacial score (nSPS) is 12.2. The highest BCUT2D eigenvalue weighted by Crippen LogP contribution is 2.16. The molecule has 2 rings (SSSR count). The molecule has 72 valence electrons. The number of aromatic nitrogens is 2. The van der Waals surface area contributed by atoms with Crippen LogP contribution in [0.5, 0.6) is 0 Å².